The molecule has 96 valence electrons. The van der Waals surface area contributed by atoms with Crippen LogP contribution >= 0.6 is 0 Å². The molecule has 0 spiro atoms. The van der Waals surface area contributed by atoms with Crippen molar-refractivity contribution in [2.24, 2.45) is 7.05 Å². The SMILES string of the molecule is Cc1nn(C)cc1CNC(C)Cc1ccccc1. The average molecular weight is 243 g/mol. The third kappa shape index (κ3) is 3.44. The molecule has 0 amide bonds. The molecular weight excluding hydrogens is 222 g/mol. The van der Waals surface area contributed by atoms with Crippen molar-refractivity contribution in [1.29, 1.82) is 0 Å². The molecule has 0 aliphatic carbocycles. The van der Waals surface area contributed by atoms with Gasteiger partial charge in [-0.2, -0.15) is 5.10 Å². The van der Waals surface area contributed by atoms with E-state index < -0.39 is 0 Å². The fourth-order valence-corrected chi connectivity index (χ4v) is 2.15. The lowest BCUT2D eigenvalue weighted by Crippen LogP contribution is -2.27. The molecule has 0 aliphatic heterocycles. The van der Waals surface area contributed by atoms with Crippen LogP contribution in [0.25, 0.3) is 0 Å². The Labute approximate surface area is 109 Å². The first-order chi connectivity index (χ1) is 8.65. The Balaban J connectivity index is 1.85. The summed E-state index contributed by atoms with van der Waals surface area (Å²) in [5, 5.41) is 7.90. The van der Waals surface area contributed by atoms with Gasteiger partial charge in [-0.3, -0.25) is 4.68 Å². The maximum absolute atomic E-state index is 4.35. The zero-order valence-electron chi connectivity index (χ0n) is 11.4. The minimum Gasteiger partial charge on any atom is -0.310 e. The molecule has 1 heterocycles. The van der Waals surface area contributed by atoms with Crippen molar-refractivity contribution in [3.8, 4) is 0 Å². The standard InChI is InChI=1S/C15H21N3/c1-12(9-14-7-5-4-6-8-14)16-10-15-11-18(3)17-13(15)2/h4-8,11-12,16H,9-10H2,1-3H3. The maximum atomic E-state index is 4.35. The van der Waals surface area contributed by atoms with Crippen LogP contribution in [0.1, 0.15) is 23.7 Å². The van der Waals surface area contributed by atoms with Crippen molar-refractivity contribution in [3.05, 3.63) is 53.3 Å². The van der Waals surface area contributed by atoms with E-state index in [-0.39, 0.29) is 0 Å². The zero-order chi connectivity index (χ0) is 13.0. The monoisotopic (exact) mass is 243 g/mol. The number of aryl methyl sites for hydroxylation is 2. The minimum atomic E-state index is 0.465. The van der Waals surface area contributed by atoms with Crippen molar-refractivity contribution in [3.63, 3.8) is 0 Å². The fourth-order valence-electron chi connectivity index (χ4n) is 2.15. The summed E-state index contributed by atoms with van der Waals surface area (Å²) >= 11 is 0. The van der Waals surface area contributed by atoms with Crippen molar-refractivity contribution in [2.75, 3.05) is 0 Å². The highest BCUT2D eigenvalue weighted by Gasteiger charge is 2.06. The van der Waals surface area contributed by atoms with Crippen LogP contribution in [0.2, 0.25) is 0 Å². The minimum absolute atomic E-state index is 0.465. The lowest BCUT2D eigenvalue weighted by molar-refractivity contribution is 0.544. The molecule has 0 saturated carbocycles. The summed E-state index contributed by atoms with van der Waals surface area (Å²) in [4.78, 5) is 0. The smallest absolute Gasteiger partial charge is 0.0638 e. The van der Waals surface area contributed by atoms with Crippen molar-refractivity contribution in [1.82, 2.24) is 15.1 Å². The average Bonchev–Trinajstić information content (AvgIpc) is 2.66. The molecule has 0 saturated heterocycles. The van der Waals surface area contributed by atoms with Gasteiger partial charge in [0.2, 0.25) is 0 Å². The van der Waals surface area contributed by atoms with Crippen molar-refractivity contribution in [2.45, 2.75) is 32.9 Å². The lowest BCUT2D eigenvalue weighted by Gasteiger charge is -2.13. The predicted octanol–water partition coefficient (Wildman–Crippen LogP) is 2.45. The van der Waals surface area contributed by atoms with Crippen LogP contribution < -0.4 is 5.32 Å². The van der Waals surface area contributed by atoms with E-state index in [1.54, 1.807) is 0 Å². The molecule has 0 bridgehead atoms. The Morgan fingerprint density at radius 1 is 1.28 bits per heavy atom. The highest BCUT2D eigenvalue weighted by Crippen LogP contribution is 2.06. The number of hydrogen-bond acceptors (Lipinski definition) is 2. The van der Waals surface area contributed by atoms with Gasteiger partial charge < -0.3 is 5.32 Å². The molecule has 0 fully saturated rings. The van der Waals surface area contributed by atoms with Gasteiger partial charge in [-0.25, -0.2) is 0 Å². The fraction of sp³-hybridized carbons (Fsp3) is 0.400. The number of rotatable bonds is 5. The predicted molar refractivity (Wildman–Crippen MR) is 74.4 cm³/mol. The second kappa shape index (κ2) is 5.83. The Morgan fingerprint density at radius 2 is 2.00 bits per heavy atom. The first-order valence-electron chi connectivity index (χ1n) is 6.41. The van der Waals surface area contributed by atoms with Gasteiger partial charge in [-0.1, -0.05) is 30.3 Å². The molecule has 3 nitrogen and oxygen atoms in total. The van der Waals surface area contributed by atoms with Gasteiger partial charge in [0.05, 0.1) is 5.69 Å². The van der Waals surface area contributed by atoms with E-state index in [9.17, 15) is 0 Å². The van der Waals surface area contributed by atoms with Gasteiger partial charge in [-0.15, -0.1) is 0 Å². The van der Waals surface area contributed by atoms with E-state index in [1.807, 2.05) is 11.7 Å². The molecule has 1 aromatic carbocycles. The molecule has 0 aliphatic rings. The second-order valence-electron chi connectivity index (χ2n) is 4.89. The van der Waals surface area contributed by atoms with Crippen LogP contribution in [0.15, 0.2) is 36.5 Å². The number of nitrogens with one attached hydrogen (secondary N) is 1. The van der Waals surface area contributed by atoms with E-state index in [1.165, 1.54) is 11.1 Å². The van der Waals surface area contributed by atoms with Crippen LogP contribution in [0.4, 0.5) is 0 Å². The molecule has 1 unspecified atom stereocenters. The van der Waals surface area contributed by atoms with E-state index in [0.29, 0.717) is 6.04 Å². The summed E-state index contributed by atoms with van der Waals surface area (Å²) in [6, 6.07) is 11.1. The van der Waals surface area contributed by atoms with Crippen LogP contribution in [0.5, 0.6) is 0 Å². The lowest BCUT2D eigenvalue weighted by atomic mass is 10.1. The van der Waals surface area contributed by atoms with Crippen LogP contribution in [0, 0.1) is 6.92 Å². The molecule has 2 rings (SSSR count). The molecule has 1 atom stereocenters. The first-order valence-corrected chi connectivity index (χ1v) is 6.41. The Bertz CT molecular complexity index is 488. The summed E-state index contributed by atoms with van der Waals surface area (Å²) < 4.78 is 1.87. The van der Waals surface area contributed by atoms with Gasteiger partial charge in [0.15, 0.2) is 0 Å². The Hall–Kier alpha value is -1.61. The highest BCUT2D eigenvalue weighted by molar-refractivity contribution is 5.17. The molecular formula is C15H21N3. The molecule has 1 aromatic heterocycles. The first kappa shape index (κ1) is 12.8. The normalized spacial score (nSPS) is 12.6. The van der Waals surface area contributed by atoms with Gasteiger partial charge >= 0.3 is 0 Å². The summed E-state index contributed by atoms with van der Waals surface area (Å²) in [5.41, 5.74) is 3.76. The van der Waals surface area contributed by atoms with Crippen LogP contribution in [-0.4, -0.2) is 15.8 Å². The van der Waals surface area contributed by atoms with E-state index in [0.717, 1.165) is 18.7 Å². The Morgan fingerprint density at radius 3 is 2.61 bits per heavy atom. The third-order valence-corrected chi connectivity index (χ3v) is 3.14. The second-order valence-corrected chi connectivity index (χ2v) is 4.89. The third-order valence-electron chi connectivity index (χ3n) is 3.14. The van der Waals surface area contributed by atoms with E-state index in [4.69, 9.17) is 0 Å². The van der Waals surface area contributed by atoms with Gasteiger partial charge in [-0.05, 0) is 25.8 Å². The number of nitrogens with zero attached hydrogens (tertiary/aromatic N) is 2. The molecule has 2 aromatic rings. The topological polar surface area (TPSA) is 29.9 Å². The van der Waals surface area contributed by atoms with Crippen LogP contribution in [-0.2, 0) is 20.0 Å². The van der Waals surface area contributed by atoms with Crippen molar-refractivity contribution < 1.29 is 0 Å². The van der Waals surface area contributed by atoms with Crippen LogP contribution in [0.3, 0.4) is 0 Å². The number of hydrogen-bond donors (Lipinski definition) is 1. The largest absolute Gasteiger partial charge is 0.310 e. The molecule has 3 heteroatoms. The summed E-state index contributed by atoms with van der Waals surface area (Å²) in [6.07, 6.45) is 3.14. The summed E-state index contributed by atoms with van der Waals surface area (Å²) in [6.45, 7) is 5.16. The molecule has 18 heavy (non-hydrogen) atoms. The van der Waals surface area contributed by atoms with Gasteiger partial charge in [0.25, 0.3) is 0 Å². The molecule has 0 radical (unpaired) electrons. The Kier molecular flexibility index (Phi) is 4.15. The maximum Gasteiger partial charge on any atom is 0.0638 e. The van der Waals surface area contributed by atoms with Crippen molar-refractivity contribution >= 4 is 0 Å². The number of aromatic nitrogens is 2. The quantitative estimate of drug-likeness (QED) is 0.874. The summed E-state index contributed by atoms with van der Waals surface area (Å²) in [5.74, 6) is 0. The van der Waals surface area contributed by atoms with Gasteiger partial charge in [0, 0.05) is 31.4 Å². The highest BCUT2D eigenvalue weighted by atomic mass is 15.2. The molecule has 1 N–H and O–H groups in total. The zero-order valence-corrected chi connectivity index (χ0v) is 11.4. The van der Waals surface area contributed by atoms with Gasteiger partial charge in [0.1, 0.15) is 0 Å². The number of benzene rings is 1. The van der Waals surface area contributed by atoms with E-state index in [2.05, 4.69) is 60.8 Å². The summed E-state index contributed by atoms with van der Waals surface area (Å²) in [7, 11) is 1.96. The van der Waals surface area contributed by atoms with E-state index >= 15 is 0 Å².